The minimum atomic E-state index is -0.329. The number of nitrogens with two attached hydrogens (primary N) is 1. The number of ether oxygens (including phenoxy) is 1. The zero-order chi connectivity index (χ0) is 22.9. The number of hydrogen-bond acceptors (Lipinski definition) is 7. The average molecular weight is 444 g/mol. The van der Waals surface area contributed by atoms with Gasteiger partial charge in [0.05, 0.1) is 12.1 Å². The molecule has 1 saturated carbocycles. The highest BCUT2D eigenvalue weighted by Gasteiger charge is 2.27. The van der Waals surface area contributed by atoms with Gasteiger partial charge in [0.1, 0.15) is 12.9 Å². The maximum absolute atomic E-state index is 12.7. The second-order valence-electron chi connectivity index (χ2n) is 7.81. The van der Waals surface area contributed by atoms with Crippen molar-refractivity contribution in [1.82, 2.24) is 20.6 Å². The van der Waals surface area contributed by atoms with Gasteiger partial charge in [0, 0.05) is 30.6 Å². The minimum absolute atomic E-state index is 0.0564. The monoisotopic (exact) mass is 443 g/mol. The molecule has 2 atom stereocenters. The van der Waals surface area contributed by atoms with E-state index in [9.17, 15) is 4.79 Å². The van der Waals surface area contributed by atoms with E-state index in [1.807, 2.05) is 32.0 Å². The summed E-state index contributed by atoms with van der Waals surface area (Å²) >= 11 is 0. The van der Waals surface area contributed by atoms with Gasteiger partial charge in [-0.1, -0.05) is 24.5 Å². The van der Waals surface area contributed by atoms with Gasteiger partial charge in [0.25, 0.3) is 5.91 Å². The first-order valence-corrected chi connectivity index (χ1v) is 11.1. The fourth-order valence-corrected chi connectivity index (χ4v) is 3.88. The van der Waals surface area contributed by atoms with Gasteiger partial charge in [-0.15, -0.1) is 0 Å². The lowest BCUT2D eigenvalue weighted by Gasteiger charge is -2.33. The van der Waals surface area contributed by atoms with Crippen LogP contribution in [0.3, 0.4) is 0 Å². The summed E-state index contributed by atoms with van der Waals surface area (Å²) in [5.41, 5.74) is 7.71. The Bertz CT molecular complexity index is 951. The molecule has 32 heavy (non-hydrogen) atoms. The molecule has 0 saturated heterocycles. The number of carbonyl (C=O) groups excluding carboxylic acids is 1. The molecule has 0 bridgehead atoms. The van der Waals surface area contributed by atoms with Crippen LogP contribution < -0.4 is 21.7 Å². The molecule has 1 aliphatic carbocycles. The van der Waals surface area contributed by atoms with Crippen LogP contribution in [-0.4, -0.2) is 60.8 Å². The Labute approximate surface area is 188 Å². The Morgan fingerprint density at radius 3 is 2.78 bits per heavy atom. The molecule has 1 aliphatic rings. The lowest BCUT2D eigenvalue weighted by Crippen LogP contribution is -2.51. The van der Waals surface area contributed by atoms with E-state index in [1.165, 1.54) is 7.11 Å². The Hall–Kier alpha value is -3.14. The summed E-state index contributed by atoms with van der Waals surface area (Å²) in [6.45, 7) is 5.38. The first kappa shape index (κ1) is 23.5. The van der Waals surface area contributed by atoms with Crippen LogP contribution in [0.15, 0.2) is 23.4 Å². The number of hydrogen-bond donors (Lipinski definition) is 4. The largest absolute Gasteiger partial charge is 0.396 e. The molecule has 1 aromatic carbocycles. The number of oxime groups is 1. The molecule has 2 aromatic rings. The molecule has 10 nitrogen and oxygen atoms in total. The fourth-order valence-electron chi connectivity index (χ4n) is 3.88. The number of guanidine groups is 1. The topological polar surface area (TPSA) is 136 Å². The minimum Gasteiger partial charge on any atom is -0.396 e. The Morgan fingerprint density at radius 1 is 1.25 bits per heavy atom. The van der Waals surface area contributed by atoms with E-state index in [0.29, 0.717) is 31.1 Å². The van der Waals surface area contributed by atoms with Crippen molar-refractivity contribution in [2.45, 2.75) is 51.6 Å². The average Bonchev–Trinajstić information content (AvgIpc) is 2.78. The Kier molecular flexibility index (Phi) is 8.43. The first-order chi connectivity index (χ1) is 15.5. The highest BCUT2D eigenvalue weighted by molar-refractivity contribution is 5.96. The van der Waals surface area contributed by atoms with Crippen molar-refractivity contribution >= 4 is 28.6 Å². The predicted octanol–water partition coefficient (Wildman–Crippen LogP) is 1.89. The van der Waals surface area contributed by atoms with Crippen LogP contribution in [-0.2, 0) is 9.57 Å². The Morgan fingerprint density at radius 2 is 2.03 bits per heavy atom. The van der Waals surface area contributed by atoms with Crippen LogP contribution in [0.1, 0.15) is 48.8 Å². The van der Waals surface area contributed by atoms with Crippen molar-refractivity contribution in [3.63, 3.8) is 0 Å². The van der Waals surface area contributed by atoms with Crippen LogP contribution in [0.2, 0.25) is 0 Å². The summed E-state index contributed by atoms with van der Waals surface area (Å²) in [6.07, 6.45) is 4.05. The van der Waals surface area contributed by atoms with Gasteiger partial charge < -0.3 is 31.3 Å². The SMILES string of the molecule is CCOCCNC(=O)c1nc(N[C@H]2CCCC[C@H]2N/C(N)=N\OC)c2cc(C)ccc2n1. The summed E-state index contributed by atoms with van der Waals surface area (Å²) in [5, 5.41) is 14.2. The predicted molar refractivity (Wildman–Crippen MR) is 125 cm³/mol. The van der Waals surface area contributed by atoms with Gasteiger partial charge in [0.2, 0.25) is 11.8 Å². The summed E-state index contributed by atoms with van der Waals surface area (Å²) in [6, 6.07) is 6.03. The Balaban J connectivity index is 1.86. The third kappa shape index (κ3) is 6.19. The van der Waals surface area contributed by atoms with Gasteiger partial charge >= 0.3 is 0 Å². The van der Waals surface area contributed by atoms with Gasteiger partial charge in [-0.3, -0.25) is 4.79 Å². The quantitative estimate of drug-likeness (QED) is 0.200. The molecular weight excluding hydrogens is 410 g/mol. The van der Waals surface area contributed by atoms with E-state index < -0.39 is 0 Å². The molecule has 5 N–H and O–H groups in total. The zero-order valence-electron chi connectivity index (χ0n) is 19.0. The molecule has 1 fully saturated rings. The number of fused-ring (bicyclic) bond motifs is 1. The summed E-state index contributed by atoms with van der Waals surface area (Å²) in [4.78, 5) is 26.5. The van der Waals surface area contributed by atoms with E-state index in [-0.39, 0.29) is 29.8 Å². The number of benzene rings is 1. The van der Waals surface area contributed by atoms with E-state index in [1.54, 1.807) is 0 Å². The van der Waals surface area contributed by atoms with Crippen LogP contribution >= 0.6 is 0 Å². The lowest BCUT2D eigenvalue weighted by atomic mass is 9.90. The van der Waals surface area contributed by atoms with Crippen LogP contribution in [0, 0.1) is 6.92 Å². The van der Waals surface area contributed by atoms with Gasteiger partial charge in [-0.25, -0.2) is 9.97 Å². The molecule has 0 radical (unpaired) electrons. The first-order valence-electron chi connectivity index (χ1n) is 11.1. The second kappa shape index (κ2) is 11.5. The molecule has 174 valence electrons. The van der Waals surface area contributed by atoms with Gasteiger partial charge in [-0.05, 0) is 44.0 Å². The van der Waals surface area contributed by atoms with Gasteiger partial charge in [0.15, 0.2) is 0 Å². The third-order valence-electron chi connectivity index (χ3n) is 5.40. The number of carbonyl (C=O) groups is 1. The number of anilines is 1. The molecule has 0 aliphatic heterocycles. The van der Waals surface area contributed by atoms with E-state index in [0.717, 1.165) is 36.6 Å². The van der Waals surface area contributed by atoms with Crippen molar-refractivity contribution in [1.29, 1.82) is 0 Å². The molecule has 0 spiro atoms. The van der Waals surface area contributed by atoms with Crippen molar-refractivity contribution in [3.05, 3.63) is 29.6 Å². The van der Waals surface area contributed by atoms with Crippen LogP contribution in [0.25, 0.3) is 10.9 Å². The standard InChI is InChI=1S/C22H33N7O3/c1-4-32-12-11-24-21(30)20-25-16-10-9-14(2)13-15(16)19(28-20)26-17-7-5-6-8-18(17)27-22(23)29-31-3/h9-10,13,17-18H,4-8,11-12H2,1-3H3,(H,24,30)(H3,23,27,29)(H,25,26,28)/t17-,18+/m0/s1. The molecule has 1 aromatic heterocycles. The molecule has 0 unspecified atom stereocenters. The smallest absolute Gasteiger partial charge is 0.289 e. The van der Waals surface area contributed by atoms with Gasteiger partial charge in [-0.2, -0.15) is 0 Å². The number of aryl methyl sites for hydroxylation is 1. The number of aromatic nitrogens is 2. The summed E-state index contributed by atoms with van der Waals surface area (Å²) < 4.78 is 5.28. The number of nitrogens with one attached hydrogen (secondary N) is 3. The van der Waals surface area contributed by atoms with Crippen LogP contribution in [0.4, 0.5) is 5.82 Å². The van der Waals surface area contributed by atoms with Crippen LogP contribution in [0.5, 0.6) is 0 Å². The lowest BCUT2D eigenvalue weighted by molar-refractivity contribution is 0.0913. The molecular formula is C22H33N7O3. The number of nitrogens with zero attached hydrogens (tertiary/aromatic N) is 3. The molecule has 10 heteroatoms. The molecule has 1 amide bonds. The van der Waals surface area contributed by atoms with E-state index in [4.69, 9.17) is 15.3 Å². The normalized spacial score (nSPS) is 18.9. The second-order valence-corrected chi connectivity index (χ2v) is 7.81. The molecule has 3 rings (SSSR count). The highest BCUT2D eigenvalue weighted by Crippen LogP contribution is 2.27. The summed E-state index contributed by atoms with van der Waals surface area (Å²) in [7, 11) is 1.46. The van der Waals surface area contributed by atoms with Crippen molar-refractivity contribution < 1.29 is 14.4 Å². The van der Waals surface area contributed by atoms with Crippen molar-refractivity contribution in [3.8, 4) is 0 Å². The number of rotatable bonds is 9. The number of amides is 1. The maximum atomic E-state index is 12.7. The van der Waals surface area contributed by atoms with E-state index in [2.05, 4.69) is 31.1 Å². The van der Waals surface area contributed by atoms with Crippen molar-refractivity contribution in [2.24, 2.45) is 10.9 Å². The fraction of sp³-hybridized carbons (Fsp3) is 0.545. The summed E-state index contributed by atoms with van der Waals surface area (Å²) in [5.74, 6) is 0.671. The zero-order valence-corrected chi connectivity index (χ0v) is 19.0. The third-order valence-corrected chi connectivity index (χ3v) is 5.40. The maximum Gasteiger partial charge on any atom is 0.289 e. The van der Waals surface area contributed by atoms with Crippen molar-refractivity contribution in [2.75, 3.05) is 32.2 Å². The van der Waals surface area contributed by atoms with E-state index >= 15 is 0 Å². The molecule has 1 heterocycles. The highest BCUT2D eigenvalue weighted by atomic mass is 16.6.